The number of primary amides is 1. The average molecular weight is 250 g/mol. The molecule has 0 radical (unpaired) electrons. The number of hydrogen-bond acceptors (Lipinski definition) is 3. The third-order valence-corrected chi connectivity index (χ3v) is 2.60. The fraction of sp³-hybridized carbons (Fsp3) is 0. The zero-order valence-corrected chi connectivity index (χ0v) is 9.40. The Balaban J connectivity index is 2.72. The quantitative estimate of drug-likeness (QED) is 0.653. The Morgan fingerprint density at radius 2 is 2.06 bits per heavy atom. The van der Waals surface area contributed by atoms with E-state index in [0.717, 1.165) is 6.08 Å². The van der Waals surface area contributed by atoms with E-state index in [1.54, 1.807) is 24.3 Å². The van der Waals surface area contributed by atoms with Gasteiger partial charge in [-0.2, -0.15) is 0 Å². The number of hydrogen-bond donors (Lipinski definition) is 1. The van der Waals surface area contributed by atoms with Gasteiger partial charge in [-0.15, -0.1) is 0 Å². The standard InChI is InChI=1S/C12H8ClNO3/c13-11-7-3-1-2-4-9(7)17-12(16)8(11)5-6-10(14)15/h1-6H,(H2,14,15)/b6-5+. The van der Waals surface area contributed by atoms with Crippen LogP contribution in [0.15, 0.2) is 39.6 Å². The van der Waals surface area contributed by atoms with Crippen LogP contribution in [0, 0.1) is 0 Å². The Kier molecular flexibility index (Phi) is 2.97. The van der Waals surface area contributed by atoms with Gasteiger partial charge in [0.1, 0.15) is 5.58 Å². The SMILES string of the molecule is NC(=O)/C=C/c1c(Cl)c2ccccc2oc1=O. The minimum atomic E-state index is -0.659. The molecule has 5 heteroatoms. The van der Waals surface area contributed by atoms with E-state index >= 15 is 0 Å². The van der Waals surface area contributed by atoms with E-state index in [9.17, 15) is 9.59 Å². The summed E-state index contributed by atoms with van der Waals surface area (Å²) in [4.78, 5) is 22.2. The highest BCUT2D eigenvalue weighted by molar-refractivity contribution is 6.36. The van der Waals surface area contributed by atoms with E-state index in [0.29, 0.717) is 11.0 Å². The maximum Gasteiger partial charge on any atom is 0.345 e. The minimum absolute atomic E-state index is 0.115. The summed E-state index contributed by atoms with van der Waals surface area (Å²) in [5.74, 6) is -0.659. The molecule has 2 N–H and O–H groups in total. The lowest BCUT2D eigenvalue weighted by Gasteiger charge is -2.01. The monoisotopic (exact) mass is 249 g/mol. The number of nitrogens with two attached hydrogens (primary N) is 1. The summed E-state index contributed by atoms with van der Waals surface area (Å²) in [6.45, 7) is 0. The van der Waals surface area contributed by atoms with Crippen molar-refractivity contribution in [3.05, 3.63) is 51.3 Å². The molecule has 4 nitrogen and oxygen atoms in total. The lowest BCUT2D eigenvalue weighted by Crippen LogP contribution is -2.08. The zero-order chi connectivity index (χ0) is 12.4. The van der Waals surface area contributed by atoms with Gasteiger partial charge in [0.15, 0.2) is 0 Å². The molecule has 1 aromatic carbocycles. The van der Waals surface area contributed by atoms with Crippen molar-refractivity contribution in [2.24, 2.45) is 5.73 Å². The number of benzene rings is 1. The molecular weight excluding hydrogens is 242 g/mol. The Bertz CT molecular complexity index is 673. The lowest BCUT2D eigenvalue weighted by molar-refractivity contribution is -0.113. The summed E-state index contributed by atoms with van der Waals surface area (Å²) in [6.07, 6.45) is 2.32. The Hall–Kier alpha value is -2.07. The minimum Gasteiger partial charge on any atom is -0.422 e. The summed E-state index contributed by atoms with van der Waals surface area (Å²) in [7, 11) is 0. The molecule has 0 atom stereocenters. The smallest absolute Gasteiger partial charge is 0.345 e. The van der Waals surface area contributed by atoms with Gasteiger partial charge in [0.2, 0.25) is 5.91 Å². The van der Waals surface area contributed by atoms with Gasteiger partial charge in [-0.3, -0.25) is 4.79 Å². The van der Waals surface area contributed by atoms with Crippen LogP contribution >= 0.6 is 11.6 Å². The van der Waals surface area contributed by atoms with Crippen LogP contribution < -0.4 is 11.4 Å². The average Bonchev–Trinajstić information content (AvgIpc) is 2.28. The number of para-hydroxylation sites is 1. The Labute approximate surface area is 101 Å². The van der Waals surface area contributed by atoms with Gasteiger partial charge in [-0.1, -0.05) is 23.7 Å². The van der Waals surface area contributed by atoms with Crippen LogP contribution in [0.4, 0.5) is 0 Å². The second-order valence-corrected chi connectivity index (χ2v) is 3.73. The predicted molar refractivity (Wildman–Crippen MR) is 65.7 cm³/mol. The summed E-state index contributed by atoms with van der Waals surface area (Å²) < 4.78 is 5.06. The third-order valence-electron chi connectivity index (χ3n) is 2.20. The number of fused-ring (bicyclic) bond motifs is 1. The molecule has 0 aliphatic heterocycles. The Morgan fingerprint density at radius 3 is 2.76 bits per heavy atom. The molecule has 2 rings (SSSR count). The van der Waals surface area contributed by atoms with Crippen molar-refractivity contribution < 1.29 is 9.21 Å². The van der Waals surface area contributed by atoms with Crippen molar-refractivity contribution >= 4 is 34.6 Å². The van der Waals surface area contributed by atoms with E-state index in [2.05, 4.69) is 0 Å². The number of halogens is 1. The molecule has 1 aromatic heterocycles. The van der Waals surface area contributed by atoms with Crippen molar-refractivity contribution in [3.8, 4) is 0 Å². The number of rotatable bonds is 2. The first-order chi connectivity index (χ1) is 8.09. The van der Waals surface area contributed by atoms with Crippen molar-refractivity contribution in [2.75, 3.05) is 0 Å². The molecule has 0 aliphatic carbocycles. The summed E-state index contributed by atoms with van der Waals surface area (Å²) in [5.41, 5.74) is 4.86. The number of amides is 1. The van der Waals surface area contributed by atoms with Gasteiger partial charge in [0.05, 0.1) is 10.6 Å². The molecule has 0 saturated heterocycles. The predicted octanol–water partition coefficient (Wildman–Crippen LogP) is 1.94. The van der Waals surface area contributed by atoms with Crippen LogP contribution in [-0.2, 0) is 4.79 Å². The van der Waals surface area contributed by atoms with E-state index in [1.807, 2.05) is 0 Å². The molecule has 0 unspecified atom stereocenters. The normalized spacial score (nSPS) is 11.1. The van der Waals surface area contributed by atoms with Gasteiger partial charge in [-0.05, 0) is 18.2 Å². The highest BCUT2D eigenvalue weighted by atomic mass is 35.5. The molecule has 0 saturated carbocycles. The molecule has 2 aromatic rings. The van der Waals surface area contributed by atoms with E-state index in [4.69, 9.17) is 21.8 Å². The highest BCUT2D eigenvalue weighted by Crippen LogP contribution is 2.25. The molecule has 1 heterocycles. The number of carbonyl (C=O) groups excluding carboxylic acids is 1. The van der Waals surface area contributed by atoms with Gasteiger partial charge >= 0.3 is 5.63 Å². The van der Waals surface area contributed by atoms with Gasteiger partial charge in [0.25, 0.3) is 0 Å². The van der Waals surface area contributed by atoms with Crippen molar-refractivity contribution in [2.45, 2.75) is 0 Å². The molecule has 86 valence electrons. The lowest BCUT2D eigenvalue weighted by atomic mass is 10.1. The number of carbonyl (C=O) groups is 1. The molecule has 0 bridgehead atoms. The summed E-state index contributed by atoms with van der Waals surface area (Å²) in [5, 5.41) is 0.854. The largest absolute Gasteiger partial charge is 0.422 e. The van der Waals surface area contributed by atoms with Crippen molar-refractivity contribution in [3.63, 3.8) is 0 Å². The second-order valence-electron chi connectivity index (χ2n) is 3.35. The summed E-state index contributed by atoms with van der Waals surface area (Å²) in [6, 6.07) is 6.88. The van der Waals surface area contributed by atoms with Crippen LogP contribution in [0.25, 0.3) is 17.0 Å². The van der Waals surface area contributed by atoms with Crippen LogP contribution in [0.1, 0.15) is 5.56 Å². The maximum atomic E-state index is 11.6. The van der Waals surface area contributed by atoms with E-state index in [-0.39, 0.29) is 10.6 Å². The van der Waals surface area contributed by atoms with Crippen molar-refractivity contribution in [1.82, 2.24) is 0 Å². The maximum absolute atomic E-state index is 11.6. The first kappa shape index (κ1) is 11.4. The first-order valence-corrected chi connectivity index (χ1v) is 5.16. The third kappa shape index (κ3) is 2.21. The van der Waals surface area contributed by atoms with E-state index in [1.165, 1.54) is 6.08 Å². The topological polar surface area (TPSA) is 73.3 Å². The van der Waals surface area contributed by atoms with Crippen LogP contribution in [0.3, 0.4) is 0 Å². The molecule has 0 fully saturated rings. The van der Waals surface area contributed by atoms with Crippen LogP contribution in [0.2, 0.25) is 5.02 Å². The summed E-state index contributed by atoms with van der Waals surface area (Å²) >= 11 is 6.07. The molecule has 0 aliphatic rings. The Morgan fingerprint density at radius 1 is 1.35 bits per heavy atom. The fourth-order valence-electron chi connectivity index (χ4n) is 1.43. The second kappa shape index (κ2) is 4.43. The van der Waals surface area contributed by atoms with E-state index < -0.39 is 11.5 Å². The fourth-order valence-corrected chi connectivity index (χ4v) is 1.73. The molecule has 17 heavy (non-hydrogen) atoms. The van der Waals surface area contributed by atoms with Crippen LogP contribution in [-0.4, -0.2) is 5.91 Å². The van der Waals surface area contributed by atoms with Crippen molar-refractivity contribution in [1.29, 1.82) is 0 Å². The van der Waals surface area contributed by atoms with Crippen LogP contribution in [0.5, 0.6) is 0 Å². The molecule has 0 spiro atoms. The molecule has 1 amide bonds. The molecular formula is C12H8ClNO3. The highest BCUT2D eigenvalue weighted by Gasteiger charge is 2.09. The van der Waals surface area contributed by atoms with Gasteiger partial charge < -0.3 is 10.2 Å². The van der Waals surface area contributed by atoms with Gasteiger partial charge in [0, 0.05) is 11.5 Å². The van der Waals surface area contributed by atoms with Gasteiger partial charge in [-0.25, -0.2) is 4.79 Å². The zero-order valence-electron chi connectivity index (χ0n) is 8.64. The first-order valence-electron chi connectivity index (χ1n) is 4.78.